The smallest absolute Gasteiger partial charge is 0.258 e. The van der Waals surface area contributed by atoms with Crippen LogP contribution >= 0.6 is 23.2 Å². The van der Waals surface area contributed by atoms with E-state index in [4.69, 9.17) is 23.2 Å². The number of H-pyrrole nitrogens is 1. The third-order valence-corrected chi connectivity index (χ3v) is 5.16. The van der Waals surface area contributed by atoms with Gasteiger partial charge in [-0.3, -0.25) is 9.59 Å². The van der Waals surface area contributed by atoms with Crippen molar-refractivity contribution in [2.75, 3.05) is 6.54 Å². The lowest BCUT2D eigenvalue weighted by molar-refractivity contribution is -0.133. The molecule has 5 nitrogen and oxygen atoms in total. The molecule has 2 aromatic carbocycles. The number of fused-ring (bicyclic) bond motifs is 1. The number of hydrogen-bond donors (Lipinski definition) is 1. The van der Waals surface area contributed by atoms with Crippen LogP contribution in [0.5, 0.6) is 0 Å². The first kappa shape index (κ1) is 19.4. The van der Waals surface area contributed by atoms with Crippen molar-refractivity contribution in [1.82, 2.24) is 14.9 Å². The van der Waals surface area contributed by atoms with Crippen molar-refractivity contribution in [3.63, 3.8) is 0 Å². The first-order valence-electron chi connectivity index (χ1n) is 8.61. The molecule has 3 rings (SSSR count). The average molecular weight is 404 g/mol. The number of aromatic nitrogens is 2. The van der Waals surface area contributed by atoms with Crippen LogP contribution in [0.1, 0.15) is 36.7 Å². The highest BCUT2D eigenvalue weighted by atomic mass is 35.5. The van der Waals surface area contributed by atoms with Gasteiger partial charge in [-0.15, -0.1) is 11.6 Å². The van der Waals surface area contributed by atoms with Crippen molar-refractivity contribution < 1.29 is 4.79 Å². The van der Waals surface area contributed by atoms with Gasteiger partial charge >= 0.3 is 0 Å². The molecule has 0 aliphatic heterocycles. The summed E-state index contributed by atoms with van der Waals surface area (Å²) in [5.74, 6) is 0.147. The molecule has 0 spiro atoms. The van der Waals surface area contributed by atoms with Gasteiger partial charge in [-0.05, 0) is 37.6 Å². The Kier molecular flexibility index (Phi) is 5.82. The highest BCUT2D eigenvalue weighted by Gasteiger charge is 2.28. The summed E-state index contributed by atoms with van der Waals surface area (Å²) >= 11 is 12.4. The Morgan fingerprint density at radius 1 is 1.22 bits per heavy atom. The summed E-state index contributed by atoms with van der Waals surface area (Å²) in [6.45, 7) is 4.09. The maximum absolute atomic E-state index is 12.9. The van der Waals surface area contributed by atoms with Gasteiger partial charge in [0.05, 0.1) is 16.9 Å². The normalized spacial score (nSPS) is 13.3. The Hall–Kier alpha value is -2.37. The number of benzene rings is 2. The van der Waals surface area contributed by atoms with Crippen LogP contribution in [0.3, 0.4) is 0 Å². The van der Waals surface area contributed by atoms with Crippen LogP contribution in [-0.2, 0) is 4.79 Å². The van der Waals surface area contributed by atoms with Crippen LogP contribution in [0.4, 0.5) is 0 Å². The summed E-state index contributed by atoms with van der Waals surface area (Å²) in [5.41, 5.74) is 0.941. The zero-order valence-electron chi connectivity index (χ0n) is 14.9. The van der Waals surface area contributed by atoms with Gasteiger partial charge in [0.2, 0.25) is 5.91 Å². The number of nitrogens with zero attached hydrogens (tertiary/aromatic N) is 2. The van der Waals surface area contributed by atoms with Gasteiger partial charge < -0.3 is 9.88 Å². The highest BCUT2D eigenvalue weighted by molar-refractivity contribution is 6.31. The monoisotopic (exact) mass is 403 g/mol. The largest absolute Gasteiger partial charge is 0.331 e. The van der Waals surface area contributed by atoms with Crippen LogP contribution in [-0.4, -0.2) is 27.3 Å². The molecule has 3 aromatic rings. The fourth-order valence-corrected chi connectivity index (χ4v) is 3.44. The molecule has 140 valence electrons. The Bertz CT molecular complexity index is 1020. The maximum Gasteiger partial charge on any atom is 0.258 e. The fourth-order valence-electron chi connectivity index (χ4n) is 3.01. The zero-order valence-corrected chi connectivity index (χ0v) is 16.5. The maximum atomic E-state index is 12.9. The lowest BCUT2D eigenvalue weighted by atomic mass is 10.1. The molecule has 7 heteroatoms. The second-order valence-corrected chi connectivity index (χ2v) is 7.06. The molecule has 0 saturated heterocycles. The molecule has 1 aromatic heterocycles. The van der Waals surface area contributed by atoms with Gasteiger partial charge in [0, 0.05) is 11.6 Å². The molecule has 0 saturated carbocycles. The SMILES string of the molecule is CCN(C(=O)C(Cl)c1ccccc1)C(C)c1nc2cc(Cl)ccc2c(=O)[nH]1. The van der Waals surface area contributed by atoms with Crippen molar-refractivity contribution in [2.45, 2.75) is 25.3 Å². The molecule has 0 radical (unpaired) electrons. The van der Waals surface area contributed by atoms with E-state index in [1.165, 1.54) is 0 Å². The van der Waals surface area contributed by atoms with Crippen LogP contribution < -0.4 is 5.56 Å². The molecule has 1 N–H and O–H groups in total. The Morgan fingerprint density at radius 2 is 1.93 bits per heavy atom. The van der Waals surface area contributed by atoms with E-state index in [0.717, 1.165) is 5.56 Å². The molecule has 0 bridgehead atoms. The van der Waals surface area contributed by atoms with E-state index in [0.29, 0.717) is 28.3 Å². The first-order valence-corrected chi connectivity index (χ1v) is 9.42. The van der Waals surface area contributed by atoms with E-state index >= 15 is 0 Å². The number of carbonyl (C=O) groups excluding carboxylic acids is 1. The second-order valence-electron chi connectivity index (χ2n) is 6.19. The Morgan fingerprint density at radius 3 is 2.59 bits per heavy atom. The number of rotatable bonds is 5. The zero-order chi connectivity index (χ0) is 19.6. The fraction of sp³-hybridized carbons (Fsp3) is 0.250. The molecule has 0 fully saturated rings. The number of likely N-dealkylation sites (N-methyl/N-ethyl adjacent to an activating group) is 1. The van der Waals surface area contributed by atoms with Crippen molar-refractivity contribution >= 4 is 40.0 Å². The number of carbonyl (C=O) groups is 1. The molecule has 27 heavy (non-hydrogen) atoms. The third-order valence-electron chi connectivity index (χ3n) is 4.48. The third kappa shape index (κ3) is 3.99. The number of halogens is 2. The minimum Gasteiger partial charge on any atom is -0.331 e. The average Bonchev–Trinajstić information content (AvgIpc) is 2.67. The van der Waals surface area contributed by atoms with Crippen LogP contribution in [0, 0.1) is 0 Å². The van der Waals surface area contributed by atoms with Gasteiger partial charge in [-0.25, -0.2) is 4.98 Å². The summed E-state index contributed by atoms with van der Waals surface area (Å²) in [6, 6.07) is 13.6. The predicted molar refractivity (Wildman–Crippen MR) is 108 cm³/mol. The second kappa shape index (κ2) is 8.11. The Labute approximate surface area is 166 Å². The number of alkyl halides is 1. The van der Waals surface area contributed by atoms with E-state index in [2.05, 4.69) is 9.97 Å². The van der Waals surface area contributed by atoms with Crippen molar-refractivity contribution in [2.24, 2.45) is 0 Å². The van der Waals surface area contributed by atoms with E-state index in [1.807, 2.05) is 44.2 Å². The van der Waals surface area contributed by atoms with Gasteiger partial charge in [-0.2, -0.15) is 0 Å². The summed E-state index contributed by atoms with van der Waals surface area (Å²) in [6.07, 6.45) is 0. The minimum absolute atomic E-state index is 0.244. The molecular formula is C20H19Cl2N3O2. The molecule has 2 unspecified atom stereocenters. The summed E-state index contributed by atoms with van der Waals surface area (Å²) in [4.78, 5) is 34.2. The van der Waals surface area contributed by atoms with Gasteiger partial charge in [0.15, 0.2) is 0 Å². The van der Waals surface area contributed by atoms with E-state index in [-0.39, 0.29) is 11.5 Å². The molecular weight excluding hydrogens is 385 g/mol. The Balaban J connectivity index is 1.95. The highest BCUT2D eigenvalue weighted by Crippen LogP contribution is 2.27. The number of amides is 1. The lowest BCUT2D eigenvalue weighted by Crippen LogP contribution is -2.37. The molecule has 2 atom stereocenters. The quantitative estimate of drug-likeness (QED) is 0.639. The number of nitrogens with one attached hydrogen (secondary N) is 1. The molecule has 1 amide bonds. The van der Waals surface area contributed by atoms with Gasteiger partial charge in [0.1, 0.15) is 11.2 Å². The minimum atomic E-state index is -0.810. The van der Waals surface area contributed by atoms with Gasteiger partial charge in [-0.1, -0.05) is 41.9 Å². The van der Waals surface area contributed by atoms with Crippen molar-refractivity contribution in [1.29, 1.82) is 0 Å². The number of aromatic amines is 1. The molecule has 0 aliphatic rings. The van der Waals surface area contributed by atoms with Crippen molar-refractivity contribution in [3.8, 4) is 0 Å². The van der Waals surface area contributed by atoms with Crippen LogP contribution in [0.2, 0.25) is 5.02 Å². The van der Waals surface area contributed by atoms with Crippen LogP contribution in [0.15, 0.2) is 53.3 Å². The molecule has 0 aliphatic carbocycles. The molecule has 1 heterocycles. The van der Waals surface area contributed by atoms with Crippen molar-refractivity contribution in [3.05, 3.63) is 75.3 Å². The standard InChI is InChI=1S/C20H19Cl2N3O2/c1-3-25(20(27)17(22)13-7-5-4-6-8-13)12(2)18-23-16-11-14(21)9-10-15(16)19(26)24-18/h4-12,17H,3H2,1-2H3,(H,23,24,26). The summed E-state index contributed by atoms with van der Waals surface area (Å²) in [7, 11) is 0. The number of hydrogen-bond acceptors (Lipinski definition) is 3. The van der Waals surface area contributed by atoms with Crippen LogP contribution in [0.25, 0.3) is 10.9 Å². The topological polar surface area (TPSA) is 66.1 Å². The van der Waals surface area contributed by atoms with E-state index in [1.54, 1.807) is 23.1 Å². The summed E-state index contributed by atoms with van der Waals surface area (Å²) < 4.78 is 0. The summed E-state index contributed by atoms with van der Waals surface area (Å²) in [5, 5.41) is 0.131. The first-order chi connectivity index (χ1) is 12.9. The van der Waals surface area contributed by atoms with E-state index < -0.39 is 11.4 Å². The lowest BCUT2D eigenvalue weighted by Gasteiger charge is -2.29. The van der Waals surface area contributed by atoms with E-state index in [9.17, 15) is 9.59 Å². The van der Waals surface area contributed by atoms with Gasteiger partial charge in [0.25, 0.3) is 5.56 Å². The predicted octanol–water partition coefficient (Wildman–Crippen LogP) is 4.47.